The van der Waals surface area contributed by atoms with Crippen LogP contribution in [0.5, 0.6) is 0 Å². The predicted octanol–water partition coefficient (Wildman–Crippen LogP) is 2.10. The molecule has 2 N–H and O–H groups in total. The maximum Gasteiger partial charge on any atom is 0.151 e. The minimum Gasteiger partial charge on any atom is -0.350 e. The van der Waals surface area contributed by atoms with Crippen molar-refractivity contribution in [1.82, 2.24) is 9.97 Å². The minimum absolute atomic E-state index is 0.543. The van der Waals surface area contributed by atoms with Crippen LogP contribution in [0.4, 0.5) is 5.82 Å². The zero-order chi connectivity index (χ0) is 12.8. The molecule has 4 nitrogen and oxygen atoms in total. The van der Waals surface area contributed by atoms with Crippen LogP contribution in [0.15, 0.2) is 42.9 Å². The van der Waals surface area contributed by atoms with Crippen LogP contribution in [-0.4, -0.2) is 23.1 Å². The molecule has 0 unspecified atom stereocenters. The quantitative estimate of drug-likeness (QED) is 0.897. The molecule has 0 amide bonds. The fraction of sp³-hybridized carbons (Fsp3) is 0.231. The molecule has 0 atom stereocenters. The average Bonchev–Trinajstić information content (AvgIpc) is 2.40. The van der Waals surface area contributed by atoms with Crippen LogP contribution < -0.4 is 10.6 Å². The van der Waals surface area contributed by atoms with E-state index < -0.39 is 0 Å². The van der Waals surface area contributed by atoms with Crippen molar-refractivity contribution in [2.75, 3.05) is 18.0 Å². The van der Waals surface area contributed by atoms with Crippen LogP contribution in [0.3, 0.4) is 0 Å². The maximum atomic E-state index is 6.11. The predicted molar refractivity (Wildman–Crippen MR) is 73.6 cm³/mol. The van der Waals surface area contributed by atoms with Crippen LogP contribution >= 0.6 is 11.6 Å². The summed E-state index contributed by atoms with van der Waals surface area (Å²) in [7, 11) is 0. The first-order valence-electron chi connectivity index (χ1n) is 5.75. The highest BCUT2D eigenvalue weighted by atomic mass is 35.5. The standard InChI is InChI=1S/C13H15ClN4/c14-12-8-16-10-17-13(12)18(7-6-15)9-11-4-2-1-3-5-11/h1-5,8,10H,6-7,9,15H2. The molecule has 0 saturated carbocycles. The number of hydrogen-bond donors (Lipinski definition) is 1. The van der Waals surface area contributed by atoms with Gasteiger partial charge in [-0.1, -0.05) is 41.9 Å². The molecular weight excluding hydrogens is 248 g/mol. The van der Waals surface area contributed by atoms with E-state index >= 15 is 0 Å². The number of hydrogen-bond acceptors (Lipinski definition) is 4. The summed E-state index contributed by atoms with van der Waals surface area (Å²) >= 11 is 6.11. The van der Waals surface area contributed by atoms with Gasteiger partial charge in [-0.25, -0.2) is 9.97 Å². The minimum atomic E-state index is 0.543. The SMILES string of the molecule is NCCN(Cc1ccccc1)c1ncncc1Cl. The maximum absolute atomic E-state index is 6.11. The summed E-state index contributed by atoms with van der Waals surface area (Å²) in [5.74, 6) is 0.723. The summed E-state index contributed by atoms with van der Waals surface area (Å²) in [4.78, 5) is 10.2. The Bertz CT molecular complexity index is 489. The Hall–Kier alpha value is -1.65. The molecule has 0 aliphatic rings. The molecule has 1 heterocycles. The summed E-state index contributed by atoms with van der Waals surface area (Å²) in [6.07, 6.45) is 3.09. The molecule has 5 heteroatoms. The average molecular weight is 263 g/mol. The van der Waals surface area contributed by atoms with E-state index in [-0.39, 0.29) is 0 Å². The lowest BCUT2D eigenvalue weighted by molar-refractivity contribution is 0.773. The molecular formula is C13H15ClN4. The third kappa shape index (κ3) is 3.18. The smallest absolute Gasteiger partial charge is 0.151 e. The summed E-state index contributed by atoms with van der Waals surface area (Å²) in [6, 6.07) is 10.2. The highest BCUT2D eigenvalue weighted by molar-refractivity contribution is 6.32. The van der Waals surface area contributed by atoms with Crippen molar-refractivity contribution in [3.05, 3.63) is 53.4 Å². The largest absolute Gasteiger partial charge is 0.350 e. The van der Waals surface area contributed by atoms with Gasteiger partial charge in [0.15, 0.2) is 5.82 Å². The van der Waals surface area contributed by atoms with Gasteiger partial charge >= 0.3 is 0 Å². The van der Waals surface area contributed by atoms with Gasteiger partial charge in [0.05, 0.1) is 6.20 Å². The number of anilines is 1. The molecule has 0 spiro atoms. The molecule has 0 aliphatic heterocycles. The third-order valence-electron chi connectivity index (χ3n) is 2.56. The van der Waals surface area contributed by atoms with E-state index in [2.05, 4.69) is 27.0 Å². The Morgan fingerprint density at radius 3 is 2.67 bits per heavy atom. The Morgan fingerprint density at radius 1 is 1.22 bits per heavy atom. The monoisotopic (exact) mass is 262 g/mol. The van der Waals surface area contributed by atoms with Crippen molar-refractivity contribution in [3.63, 3.8) is 0 Å². The van der Waals surface area contributed by atoms with E-state index in [1.165, 1.54) is 11.9 Å². The van der Waals surface area contributed by atoms with Crippen molar-refractivity contribution in [2.45, 2.75) is 6.54 Å². The van der Waals surface area contributed by atoms with Gasteiger partial charge in [0.2, 0.25) is 0 Å². The number of nitrogens with zero attached hydrogens (tertiary/aromatic N) is 3. The number of rotatable bonds is 5. The molecule has 0 radical (unpaired) electrons. The second kappa shape index (κ2) is 6.33. The zero-order valence-corrected chi connectivity index (χ0v) is 10.7. The number of benzene rings is 1. The molecule has 2 aromatic rings. The van der Waals surface area contributed by atoms with Crippen LogP contribution in [0.25, 0.3) is 0 Å². The first-order valence-corrected chi connectivity index (χ1v) is 6.13. The first kappa shape index (κ1) is 12.8. The molecule has 0 bridgehead atoms. The first-order chi connectivity index (χ1) is 8.81. The molecule has 0 aliphatic carbocycles. The van der Waals surface area contributed by atoms with Crippen molar-refractivity contribution in [2.24, 2.45) is 5.73 Å². The molecule has 18 heavy (non-hydrogen) atoms. The Morgan fingerprint density at radius 2 is 2.00 bits per heavy atom. The van der Waals surface area contributed by atoms with Gasteiger partial charge < -0.3 is 10.6 Å². The Kier molecular flexibility index (Phi) is 4.50. The summed E-state index contributed by atoms with van der Waals surface area (Å²) < 4.78 is 0. The molecule has 94 valence electrons. The number of halogens is 1. The third-order valence-corrected chi connectivity index (χ3v) is 2.83. The van der Waals surface area contributed by atoms with E-state index in [1.54, 1.807) is 6.20 Å². The lowest BCUT2D eigenvalue weighted by atomic mass is 10.2. The Balaban J connectivity index is 2.21. The van der Waals surface area contributed by atoms with Gasteiger partial charge in [0, 0.05) is 19.6 Å². The fourth-order valence-corrected chi connectivity index (χ4v) is 1.98. The Labute approximate surface area is 111 Å². The summed E-state index contributed by atoms with van der Waals surface area (Å²) in [5.41, 5.74) is 6.84. The topological polar surface area (TPSA) is 55.0 Å². The van der Waals surface area contributed by atoms with E-state index in [0.717, 1.165) is 12.4 Å². The van der Waals surface area contributed by atoms with E-state index in [1.807, 2.05) is 18.2 Å². The van der Waals surface area contributed by atoms with Crippen molar-refractivity contribution < 1.29 is 0 Å². The molecule has 1 aromatic heterocycles. The van der Waals surface area contributed by atoms with Gasteiger partial charge in [-0.3, -0.25) is 0 Å². The van der Waals surface area contributed by atoms with Gasteiger partial charge in [-0.2, -0.15) is 0 Å². The summed E-state index contributed by atoms with van der Waals surface area (Å²) in [5, 5.41) is 0.543. The van der Waals surface area contributed by atoms with Crippen molar-refractivity contribution in [3.8, 4) is 0 Å². The van der Waals surface area contributed by atoms with E-state index in [4.69, 9.17) is 17.3 Å². The van der Waals surface area contributed by atoms with Crippen LogP contribution in [0, 0.1) is 0 Å². The normalized spacial score (nSPS) is 10.3. The van der Waals surface area contributed by atoms with Crippen molar-refractivity contribution in [1.29, 1.82) is 0 Å². The van der Waals surface area contributed by atoms with Gasteiger partial charge in [-0.15, -0.1) is 0 Å². The molecule has 0 fully saturated rings. The van der Waals surface area contributed by atoms with Gasteiger partial charge in [-0.05, 0) is 5.56 Å². The van der Waals surface area contributed by atoms with E-state index in [0.29, 0.717) is 18.1 Å². The highest BCUT2D eigenvalue weighted by Crippen LogP contribution is 2.22. The van der Waals surface area contributed by atoms with Gasteiger partial charge in [0.25, 0.3) is 0 Å². The number of aromatic nitrogens is 2. The van der Waals surface area contributed by atoms with Crippen LogP contribution in [0.2, 0.25) is 5.02 Å². The van der Waals surface area contributed by atoms with Crippen LogP contribution in [-0.2, 0) is 6.54 Å². The second-order valence-corrected chi connectivity index (χ2v) is 4.30. The number of nitrogens with two attached hydrogens (primary N) is 1. The zero-order valence-electron chi connectivity index (χ0n) is 9.96. The fourth-order valence-electron chi connectivity index (χ4n) is 1.76. The van der Waals surface area contributed by atoms with Crippen molar-refractivity contribution >= 4 is 17.4 Å². The molecule has 0 saturated heterocycles. The summed E-state index contributed by atoms with van der Waals surface area (Å²) in [6.45, 7) is 1.98. The lowest BCUT2D eigenvalue weighted by Crippen LogP contribution is -2.30. The van der Waals surface area contributed by atoms with Gasteiger partial charge in [0.1, 0.15) is 11.3 Å². The molecule has 2 rings (SSSR count). The second-order valence-electron chi connectivity index (χ2n) is 3.89. The molecule has 1 aromatic carbocycles. The van der Waals surface area contributed by atoms with E-state index in [9.17, 15) is 0 Å². The highest BCUT2D eigenvalue weighted by Gasteiger charge is 2.11. The van der Waals surface area contributed by atoms with Crippen LogP contribution in [0.1, 0.15) is 5.56 Å². The lowest BCUT2D eigenvalue weighted by Gasteiger charge is -2.23.